The molecule has 3 aromatic rings. The summed E-state index contributed by atoms with van der Waals surface area (Å²) in [5.41, 5.74) is 5.01. The van der Waals surface area contributed by atoms with E-state index in [2.05, 4.69) is 21.4 Å². The highest BCUT2D eigenvalue weighted by Crippen LogP contribution is 2.41. The highest BCUT2D eigenvalue weighted by Gasteiger charge is 2.31. The van der Waals surface area contributed by atoms with Gasteiger partial charge in [-0.05, 0) is 37.5 Å². The molecular weight excluding hydrogens is 384 g/mol. The molecule has 0 saturated heterocycles. The molecule has 5 rings (SSSR count). The van der Waals surface area contributed by atoms with E-state index in [-0.39, 0.29) is 18.5 Å². The SMILES string of the molecule is CC1=C(CC#N)CC1n1c(=O)n(C)c2cnc(Nc3cc4c(cc3C)OCO4)nc21. The number of rotatable bonds is 4. The molecule has 0 spiro atoms. The smallest absolute Gasteiger partial charge is 0.330 e. The minimum absolute atomic E-state index is 0.0837. The number of aromatic nitrogens is 4. The fraction of sp³-hybridized carbons (Fsp3) is 0.333. The third kappa shape index (κ3) is 2.64. The van der Waals surface area contributed by atoms with Crippen molar-refractivity contribution >= 4 is 22.8 Å². The Bertz CT molecular complexity index is 1330. The Morgan fingerprint density at radius 1 is 1.30 bits per heavy atom. The molecule has 2 aliphatic rings. The molecule has 0 bridgehead atoms. The first-order chi connectivity index (χ1) is 14.5. The second-order valence-electron chi connectivity index (χ2n) is 7.60. The summed E-state index contributed by atoms with van der Waals surface area (Å²) in [5.74, 6) is 1.77. The van der Waals surface area contributed by atoms with Crippen LogP contribution in [0, 0.1) is 18.3 Å². The maximum absolute atomic E-state index is 12.9. The van der Waals surface area contributed by atoms with Gasteiger partial charge in [-0.25, -0.2) is 9.78 Å². The molecule has 1 aliphatic carbocycles. The number of benzene rings is 1. The normalized spacial score (nSPS) is 17.2. The molecule has 0 radical (unpaired) electrons. The number of allylic oxidation sites excluding steroid dienone is 2. The predicted octanol–water partition coefficient (Wildman–Crippen LogP) is 3.09. The number of ether oxygens (including phenoxy) is 2. The van der Waals surface area contributed by atoms with Crippen molar-refractivity contribution in [3.63, 3.8) is 0 Å². The number of fused-ring (bicyclic) bond motifs is 2. The van der Waals surface area contributed by atoms with E-state index in [4.69, 9.17) is 14.7 Å². The summed E-state index contributed by atoms with van der Waals surface area (Å²) < 4.78 is 14.1. The zero-order valence-electron chi connectivity index (χ0n) is 16.9. The Balaban J connectivity index is 1.55. The van der Waals surface area contributed by atoms with Crippen LogP contribution >= 0.6 is 0 Å². The van der Waals surface area contributed by atoms with Gasteiger partial charge in [-0.3, -0.25) is 9.13 Å². The van der Waals surface area contributed by atoms with Crippen LogP contribution in [-0.4, -0.2) is 25.9 Å². The Hall–Kier alpha value is -3.80. The molecule has 30 heavy (non-hydrogen) atoms. The van der Waals surface area contributed by atoms with E-state index in [1.165, 1.54) is 0 Å². The van der Waals surface area contributed by atoms with E-state index < -0.39 is 0 Å². The number of aryl methyl sites for hydroxylation is 2. The molecule has 1 aliphatic heterocycles. The van der Waals surface area contributed by atoms with Gasteiger partial charge in [0.1, 0.15) is 5.52 Å². The third-order valence-electron chi connectivity index (χ3n) is 5.90. The lowest BCUT2D eigenvalue weighted by molar-refractivity contribution is 0.174. The minimum atomic E-state index is -0.143. The molecule has 2 aromatic heterocycles. The number of imidazole rings is 1. The first-order valence-corrected chi connectivity index (χ1v) is 9.64. The van der Waals surface area contributed by atoms with Gasteiger partial charge in [0.2, 0.25) is 12.7 Å². The minimum Gasteiger partial charge on any atom is -0.454 e. The van der Waals surface area contributed by atoms with E-state index in [1.807, 2.05) is 26.0 Å². The summed E-state index contributed by atoms with van der Waals surface area (Å²) in [4.78, 5) is 22.0. The van der Waals surface area contributed by atoms with Crippen LogP contribution in [0.25, 0.3) is 11.2 Å². The monoisotopic (exact) mass is 404 g/mol. The first-order valence-electron chi connectivity index (χ1n) is 9.64. The zero-order chi connectivity index (χ0) is 21.0. The van der Waals surface area contributed by atoms with Crippen LogP contribution < -0.4 is 20.5 Å². The summed E-state index contributed by atoms with van der Waals surface area (Å²) in [6.07, 6.45) is 2.73. The number of nitrogens with zero attached hydrogens (tertiary/aromatic N) is 5. The quantitative estimate of drug-likeness (QED) is 0.666. The van der Waals surface area contributed by atoms with E-state index in [9.17, 15) is 4.79 Å². The number of hydrogen-bond acceptors (Lipinski definition) is 7. The molecule has 1 N–H and O–H groups in total. The van der Waals surface area contributed by atoms with Gasteiger partial charge in [-0.2, -0.15) is 10.2 Å². The maximum Gasteiger partial charge on any atom is 0.330 e. The molecule has 1 unspecified atom stereocenters. The van der Waals surface area contributed by atoms with Gasteiger partial charge in [-0.15, -0.1) is 0 Å². The highest BCUT2D eigenvalue weighted by atomic mass is 16.7. The van der Waals surface area contributed by atoms with Crippen molar-refractivity contribution in [1.29, 1.82) is 5.26 Å². The Kier molecular flexibility index (Phi) is 4.03. The average molecular weight is 404 g/mol. The van der Waals surface area contributed by atoms with Crippen LogP contribution in [-0.2, 0) is 7.05 Å². The van der Waals surface area contributed by atoms with E-state index in [1.54, 1.807) is 22.4 Å². The van der Waals surface area contributed by atoms with E-state index in [0.717, 1.165) is 22.4 Å². The second-order valence-corrected chi connectivity index (χ2v) is 7.60. The lowest BCUT2D eigenvalue weighted by Gasteiger charge is -2.31. The number of anilines is 2. The third-order valence-corrected chi connectivity index (χ3v) is 5.90. The van der Waals surface area contributed by atoms with Crippen LogP contribution in [0.4, 0.5) is 11.6 Å². The summed E-state index contributed by atoms with van der Waals surface area (Å²) >= 11 is 0. The number of nitriles is 1. The zero-order valence-corrected chi connectivity index (χ0v) is 16.9. The van der Waals surface area contributed by atoms with Crippen LogP contribution in [0.2, 0.25) is 0 Å². The molecule has 152 valence electrons. The van der Waals surface area contributed by atoms with Gasteiger partial charge < -0.3 is 14.8 Å². The number of nitrogens with one attached hydrogen (secondary N) is 1. The van der Waals surface area contributed by atoms with Gasteiger partial charge in [0.25, 0.3) is 0 Å². The molecule has 0 fully saturated rings. The topological polar surface area (TPSA) is 107 Å². The van der Waals surface area contributed by atoms with Crippen LogP contribution in [0.1, 0.15) is 31.4 Å². The van der Waals surface area contributed by atoms with Crippen molar-refractivity contribution in [2.75, 3.05) is 12.1 Å². The fourth-order valence-corrected chi connectivity index (χ4v) is 4.02. The van der Waals surface area contributed by atoms with Crippen molar-refractivity contribution in [3.8, 4) is 17.6 Å². The molecule has 1 aromatic carbocycles. The van der Waals surface area contributed by atoms with Crippen molar-refractivity contribution in [2.45, 2.75) is 32.7 Å². The van der Waals surface area contributed by atoms with Gasteiger partial charge in [0.05, 0.1) is 24.7 Å². The van der Waals surface area contributed by atoms with Gasteiger partial charge in [0, 0.05) is 18.8 Å². The molecule has 0 amide bonds. The summed E-state index contributed by atoms with van der Waals surface area (Å²) in [5, 5.41) is 12.2. The maximum atomic E-state index is 12.9. The largest absolute Gasteiger partial charge is 0.454 e. The molecule has 0 saturated carbocycles. The fourth-order valence-electron chi connectivity index (χ4n) is 4.02. The first kappa shape index (κ1) is 18.2. The van der Waals surface area contributed by atoms with Crippen LogP contribution in [0.3, 0.4) is 0 Å². The lowest BCUT2D eigenvalue weighted by Crippen LogP contribution is -2.31. The van der Waals surface area contributed by atoms with Gasteiger partial charge in [-0.1, -0.05) is 5.57 Å². The standard InChI is InChI=1S/C21H20N6O3/c1-11-6-17-18(30-10-29-17)8-14(11)24-20-23-9-16-19(25-20)27(21(28)26(16)3)15-7-13(4-5-22)12(15)2/h6,8-9,15H,4,7,10H2,1-3H3,(H,23,24,25). The van der Waals surface area contributed by atoms with Gasteiger partial charge >= 0.3 is 5.69 Å². The van der Waals surface area contributed by atoms with Crippen LogP contribution in [0.5, 0.6) is 11.5 Å². The van der Waals surface area contributed by atoms with Crippen molar-refractivity contribution in [2.24, 2.45) is 7.05 Å². The second kappa shape index (κ2) is 6.62. The van der Waals surface area contributed by atoms with Gasteiger partial charge in [0.15, 0.2) is 17.1 Å². The Labute approximate surface area is 172 Å². The highest BCUT2D eigenvalue weighted by molar-refractivity contribution is 5.74. The van der Waals surface area contributed by atoms with E-state index >= 15 is 0 Å². The summed E-state index contributed by atoms with van der Waals surface area (Å²) in [7, 11) is 1.72. The van der Waals surface area contributed by atoms with E-state index in [0.29, 0.717) is 41.5 Å². The van der Waals surface area contributed by atoms with Crippen LogP contribution in [0.15, 0.2) is 34.3 Å². The Morgan fingerprint density at radius 2 is 2.07 bits per heavy atom. The van der Waals surface area contributed by atoms with Crippen molar-refractivity contribution in [1.82, 2.24) is 19.1 Å². The number of hydrogen-bond donors (Lipinski definition) is 1. The lowest BCUT2D eigenvalue weighted by atomic mass is 9.82. The van der Waals surface area contributed by atoms with Crippen molar-refractivity contribution in [3.05, 3.63) is 45.5 Å². The molecule has 9 heteroatoms. The average Bonchev–Trinajstić information content (AvgIpc) is 3.28. The summed E-state index contributed by atoms with van der Waals surface area (Å²) in [6, 6.07) is 5.86. The Morgan fingerprint density at radius 3 is 2.80 bits per heavy atom. The predicted molar refractivity (Wildman–Crippen MR) is 110 cm³/mol. The molecule has 9 nitrogen and oxygen atoms in total. The molecule has 1 atom stereocenters. The molecular formula is C21H20N6O3. The summed E-state index contributed by atoms with van der Waals surface area (Å²) in [6.45, 7) is 4.14. The van der Waals surface area contributed by atoms with Crippen molar-refractivity contribution < 1.29 is 9.47 Å². The molecule has 3 heterocycles.